The molecule has 1 heterocycles. The van der Waals surface area contributed by atoms with Gasteiger partial charge in [-0.25, -0.2) is 0 Å². The summed E-state index contributed by atoms with van der Waals surface area (Å²) in [7, 11) is 0. The average molecular weight is 753 g/mol. The molecule has 6 aliphatic carbocycles. The molecule has 7 aliphatic rings. The summed E-state index contributed by atoms with van der Waals surface area (Å²) in [6.45, 7) is 9.18. The van der Waals surface area contributed by atoms with E-state index in [0.717, 1.165) is 50.5 Å². The molecule has 1 aliphatic heterocycles. The van der Waals surface area contributed by atoms with Crippen molar-refractivity contribution in [3.8, 4) is 0 Å². The van der Waals surface area contributed by atoms with Crippen molar-refractivity contribution in [2.45, 2.75) is 142 Å². The van der Waals surface area contributed by atoms with E-state index in [1.165, 1.54) is 5.57 Å². The van der Waals surface area contributed by atoms with Crippen molar-refractivity contribution in [1.82, 2.24) is 0 Å². The standard InChI is InChI=1S/C44H64O10/c1-39(24-45)15-17-43(38(50)51)18-16-42(4)28(29(43)20-39)19-27-11-8-13-44(42)14-12-32-40(2,35(27)44)21-31(52-22-26-9-6-5-7-10-26)36(41(32,3)25-46)54-37-34(49)33(48)30(47)23-53-37/h5-7,9-10,19,27,29-37,45-49H,8,11-18,20-25H2,1-4H3,(H,50,51)/t27-,29+,30-,31-,32+,33+,34-,35-,36-,37-,39-,40-,41+,42+,43-,44+/m1/s1. The highest BCUT2D eigenvalue weighted by Crippen LogP contribution is 2.79. The molecule has 16 atom stereocenters. The second-order valence-corrected chi connectivity index (χ2v) is 19.9. The van der Waals surface area contributed by atoms with E-state index in [4.69, 9.17) is 14.2 Å². The molecule has 0 unspecified atom stereocenters. The van der Waals surface area contributed by atoms with E-state index in [-0.39, 0.29) is 65.2 Å². The summed E-state index contributed by atoms with van der Waals surface area (Å²) < 4.78 is 19.4. The molecule has 1 saturated heterocycles. The van der Waals surface area contributed by atoms with Gasteiger partial charge in [0.05, 0.1) is 37.4 Å². The Bertz CT molecular complexity index is 1600. The molecule has 300 valence electrons. The average Bonchev–Trinajstić information content (AvgIpc) is 3.16. The Hall–Kier alpha value is -1.89. The molecule has 0 radical (unpaired) electrons. The van der Waals surface area contributed by atoms with Gasteiger partial charge in [0.1, 0.15) is 18.3 Å². The molecular weight excluding hydrogens is 688 g/mol. The highest BCUT2D eigenvalue weighted by atomic mass is 16.7. The predicted octanol–water partition coefficient (Wildman–Crippen LogP) is 5.23. The van der Waals surface area contributed by atoms with Gasteiger partial charge in [0, 0.05) is 12.0 Å². The minimum atomic E-state index is -1.47. The van der Waals surface area contributed by atoms with E-state index in [1.807, 2.05) is 30.3 Å². The first-order valence-corrected chi connectivity index (χ1v) is 20.8. The van der Waals surface area contributed by atoms with Crippen LogP contribution < -0.4 is 0 Å². The third-order valence-electron chi connectivity index (χ3n) is 17.3. The molecule has 54 heavy (non-hydrogen) atoms. The minimum Gasteiger partial charge on any atom is -0.481 e. The summed E-state index contributed by atoms with van der Waals surface area (Å²) in [4.78, 5) is 13.3. The number of carboxylic acids is 1. The van der Waals surface area contributed by atoms with Crippen LogP contribution in [0.2, 0.25) is 0 Å². The molecule has 8 rings (SSSR count). The molecule has 1 aromatic carbocycles. The molecule has 6 fully saturated rings. The molecule has 6 N–H and O–H groups in total. The summed E-state index contributed by atoms with van der Waals surface area (Å²) in [6, 6.07) is 10.0. The zero-order chi connectivity index (χ0) is 38.5. The van der Waals surface area contributed by atoms with Crippen LogP contribution in [0, 0.1) is 56.2 Å². The Labute approximate surface area is 320 Å². The maximum absolute atomic E-state index is 13.3. The topological polar surface area (TPSA) is 166 Å². The Balaban J connectivity index is 1.21. The van der Waals surface area contributed by atoms with Crippen LogP contribution in [-0.4, -0.2) is 93.2 Å². The van der Waals surface area contributed by atoms with Crippen LogP contribution in [-0.2, 0) is 25.6 Å². The zero-order valence-corrected chi connectivity index (χ0v) is 32.7. The van der Waals surface area contributed by atoms with Crippen molar-refractivity contribution >= 4 is 5.97 Å². The van der Waals surface area contributed by atoms with Gasteiger partial charge >= 0.3 is 5.97 Å². The van der Waals surface area contributed by atoms with Crippen LogP contribution in [0.15, 0.2) is 42.0 Å². The van der Waals surface area contributed by atoms with E-state index in [2.05, 4.69) is 33.8 Å². The fourth-order valence-electron chi connectivity index (χ4n) is 14.5. The van der Waals surface area contributed by atoms with Crippen molar-refractivity contribution in [2.24, 2.45) is 56.2 Å². The maximum atomic E-state index is 13.3. The van der Waals surface area contributed by atoms with Gasteiger partial charge in [-0.05, 0) is 115 Å². The van der Waals surface area contributed by atoms with Gasteiger partial charge in [0.25, 0.3) is 0 Å². The van der Waals surface area contributed by atoms with E-state index in [0.29, 0.717) is 32.3 Å². The van der Waals surface area contributed by atoms with Crippen molar-refractivity contribution in [3.05, 3.63) is 47.5 Å². The Morgan fingerprint density at radius 3 is 2.33 bits per heavy atom. The second kappa shape index (κ2) is 13.6. The van der Waals surface area contributed by atoms with E-state index >= 15 is 0 Å². The van der Waals surface area contributed by atoms with E-state index < -0.39 is 53.6 Å². The molecule has 1 aromatic rings. The van der Waals surface area contributed by atoms with E-state index in [9.17, 15) is 35.4 Å². The van der Waals surface area contributed by atoms with Crippen molar-refractivity contribution < 1.29 is 49.6 Å². The van der Waals surface area contributed by atoms with Crippen molar-refractivity contribution in [1.29, 1.82) is 0 Å². The first kappa shape index (κ1) is 39.0. The van der Waals surface area contributed by atoms with Crippen LogP contribution in [0.4, 0.5) is 0 Å². The summed E-state index contributed by atoms with van der Waals surface area (Å²) in [5, 5.41) is 64.9. The third kappa shape index (κ3) is 5.51. The quantitative estimate of drug-likeness (QED) is 0.153. The van der Waals surface area contributed by atoms with Gasteiger partial charge < -0.3 is 44.8 Å². The lowest BCUT2D eigenvalue weighted by molar-refractivity contribution is -0.336. The summed E-state index contributed by atoms with van der Waals surface area (Å²) in [5.41, 5.74) is -0.0524. The van der Waals surface area contributed by atoms with Crippen LogP contribution in [0.5, 0.6) is 0 Å². The molecule has 10 nitrogen and oxygen atoms in total. The predicted molar refractivity (Wildman–Crippen MR) is 200 cm³/mol. The Kier molecular flexibility index (Phi) is 9.82. The maximum Gasteiger partial charge on any atom is 0.310 e. The number of allylic oxidation sites excluding steroid dienone is 2. The lowest BCUT2D eigenvalue weighted by Crippen LogP contribution is -2.71. The zero-order valence-electron chi connectivity index (χ0n) is 32.7. The highest BCUT2D eigenvalue weighted by Gasteiger charge is 2.74. The number of rotatable bonds is 8. The molecule has 0 aromatic heterocycles. The minimum absolute atomic E-state index is 0.0409. The van der Waals surface area contributed by atoms with Gasteiger partial charge in [0.15, 0.2) is 6.29 Å². The SMILES string of the molecule is C[C@@]1(CO)CC[C@@]2(C(=O)O)CC[C@@]3(C)C(=C[C@H]4CCC[C@@]35CC[C@@H]3[C@](C)(CO)[C@H](O[C@H]6OC[C@@H](O)[C@H](O)[C@H]6O)[C@H](OCc6ccccc6)C[C@@]3(C)[C@@H]45)[C@@H]2C1. The number of carboxylic acid groups (broad SMARTS) is 1. The number of aliphatic carboxylic acids is 1. The molecule has 0 spiro atoms. The van der Waals surface area contributed by atoms with Crippen LogP contribution in [0.25, 0.3) is 0 Å². The number of benzene rings is 1. The van der Waals surface area contributed by atoms with E-state index in [1.54, 1.807) is 0 Å². The van der Waals surface area contributed by atoms with Crippen LogP contribution in [0.1, 0.15) is 104 Å². The summed E-state index contributed by atoms with van der Waals surface area (Å²) in [6.07, 6.45) is 5.35. The summed E-state index contributed by atoms with van der Waals surface area (Å²) in [5.74, 6) is -0.218. The normalized spacial score (nSPS) is 51.2. The number of aliphatic hydroxyl groups excluding tert-OH is 5. The molecule has 0 amide bonds. The highest BCUT2D eigenvalue weighted by molar-refractivity contribution is 5.76. The number of ether oxygens (including phenoxy) is 3. The molecule has 5 saturated carbocycles. The number of hydrogen-bond acceptors (Lipinski definition) is 9. The Morgan fingerprint density at radius 1 is 0.889 bits per heavy atom. The van der Waals surface area contributed by atoms with Gasteiger partial charge in [0.2, 0.25) is 0 Å². The smallest absolute Gasteiger partial charge is 0.310 e. The first-order chi connectivity index (χ1) is 25.6. The molecular formula is C44H64O10. The third-order valence-corrected chi connectivity index (χ3v) is 17.3. The number of carbonyl (C=O) groups is 1. The Morgan fingerprint density at radius 2 is 1.63 bits per heavy atom. The number of fused-ring (bicyclic) bond motifs is 4. The van der Waals surface area contributed by atoms with Gasteiger partial charge in [-0.1, -0.05) is 76.1 Å². The summed E-state index contributed by atoms with van der Waals surface area (Å²) >= 11 is 0. The van der Waals surface area contributed by atoms with Crippen molar-refractivity contribution in [2.75, 3.05) is 19.8 Å². The number of aliphatic hydroxyl groups is 5. The van der Waals surface area contributed by atoms with Gasteiger partial charge in [-0.3, -0.25) is 4.79 Å². The molecule has 2 bridgehead atoms. The van der Waals surface area contributed by atoms with Crippen LogP contribution in [0.3, 0.4) is 0 Å². The largest absolute Gasteiger partial charge is 0.481 e. The fourth-order valence-corrected chi connectivity index (χ4v) is 14.5. The van der Waals surface area contributed by atoms with Crippen LogP contribution >= 0.6 is 0 Å². The first-order valence-electron chi connectivity index (χ1n) is 20.8. The second-order valence-electron chi connectivity index (χ2n) is 19.9. The monoisotopic (exact) mass is 752 g/mol. The van der Waals surface area contributed by atoms with Gasteiger partial charge in [-0.2, -0.15) is 0 Å². The lowest BCUT2D eigenvalue weighted by Gasteiger charge is -2.75. The number of hydrogen-bond donors (Lipinski definition) is 6. The van der Waals surface area contributed by atoms with Crippen molar-refractivity contribution in [3.63, 3.8) is 0 Å². The van der Waals surface area contributed by atoms with Gasteiger partial charge in [-0.15, -0.1) is 0 Å². The lowest BCUT2D eigenvalue weighted by atomic mass is 9.29. The fraction of sp³-hybridized carbons (Fsp3) is 0.795. The molecule has 10 heteroatoms.